The molecule has 2 atom stereocenters. The van der Waals surface area contributed by atoms with E-state index in [4.69, 9.17) is 0 Å². The lowest BCUT2D eigenvalue weighted by Crippen LogP contribution is -2.42. The van der Waals surface area contributed by atoms with Gasteiger partial charge < -0.3 is 20.0 Å². The number of methoxy groups -OCH3 is 1. The summed E-state index contributed by atoms with van der Waals surface area (Å²) < 4.78 is 4.66. The normalized spacial score (nSPS) is 21.0. The lowest BCUT2D eigenvalue weighted by atomic mass is 9.76. The van der Waals surface area contributed by atoms with E-state index in [1.54, 1.807) is 11.4 Å². The van der Waals surface area contributed by atoms with Crippen LogP contribution in [0.1, 0.15) is 36.4 Å². The van der Waals surface area contributed by atoms with Crippen molar-refractivity contribution in [1.29, 1.82) is 0 Å². The van der Waals surface area contributed by atoms with Gasteiger partial charge in [0.2, 0.25) is 5.91 Å². The van der Waals surface area contributed by atoms with Crippen LogP contribution in [0.3, 0.4) is 0 Å². The number of thiophene rings is 1. The van der Waals surface area contributed by atoms with Crippen LogP contribution in [0.5, 0.6) is 0 Å². The van der Waals surface area contributed by atoms with Crippen LogP contribution in [0.4, 0.5) is 5.69 Å². The Kier molecular flexibility index (Phi) is 5.20. The Morgan fingerprint density at radius 3 is 2.39 bits per heavy atom. The number of carbonyl (C=O) groups is 3. The first-order chi connectivity index (χ1) is 10.8. The van der Waals surface area contributed by atoms with Gasteiger partial charge in [0, 0.05) is 11.9 Å². The van der Waals surface area contributed by atoms with Crippen LogP contribution >= 0.6 is 11.3 Å². The van der Waals surface area contributed by atoms with Gasteiger partial charge in [0.15, 0.2) is 0 Å². The van der Waals surface area contributed by atoms with Crippen molar-refractivity contribution < 1.29 is 24.2 Å². The predicted octanol–water partition coefficient (Wildman–Crippen LogP) is 1.59. The van der Waals surface area contributed by atoms with Crippen molar-refractivity contribution in [1.82, 2.24) is 0 Å². The van der Waals surface area contributed by atoms with Crippen LogP contribution in [-0.4, -0.2) is 25.0 Å². The van der Waals surface area contributed by atoms with Gasteiger partial charge in [0.25, 0.3) is 0 Å². The Morgan fingerprint density at radius 1 is 1.22 bits per heavy atom. The summed E-state index contributed by atoms with van der Waals surface area (Å²) in [6.45, 7) is 3.76. The van der Waals surface area contributed by atoms with E-state index in [1.807, 2.05) is 13.8 Å². The highest BCUT2D eigenvalue weighted by molar-refractivity contribution is 7.12. The maximum atomic E-state index is 12.5. The second-order valence-electron chi connectivity index (χ2n) is 5.65. The fourth-order valence-electron chi connectivity index (χ4n) is 2.70. The van der Waals surface area contributed by atoms with E-state index in [1.165, 1.54) is 7.11 Å². The first kappa shape index (κ1) is 17.2. The van der Waals surface area contributed by atoms with E-state index >= 15 is 0 Å². The van der Waals surface area contributed by atoms with Gasteiger partial charge in [0.05, 0.1) is 18.7 Å². The molecule has 0 radical (unpaired) electrons. The van der Waals surface area contributed by atoms with Gasteiger partial charge in [-0.3, -0.25) is 4.79 Å². The maximum Gasteiger partial charge on any atom is 0.350 e. The van der Waals surface area contributed by atoms with Gasteiger partial charge in [-0.15, -0.1) is 11.3 Å². The minimum atomic E-state index is -1.23. The molecule has 0 saturated heterocycles. The predicted molar refractivity (Wildman–Crippen MR) is 83.9 cm³/mol. The molecule has 6 nitrogen and oxygen atoms in total. The first-order valence-corrected chi connectivity index (χ1v) is 8.05. The fraction of sp³-hybridized carbons (Fsp3) is 0.438. The monoisotopic (exact) mass is 336 g/mol. The van der Waals surface area contributed by atoms with E-state index in [-0.39, 0.29) is 4.88 Å². The molecule has 1 aliphatic rings. The molecule has 0 fully saturated rings. The average Bonchev–Trinajstić information content (AvgIpc) is 2.96. The third kappa shape index (κ3) is 3.61. The zero-order valence-corrected chi connectivity index (χ0v) is 14.0. The average molecular weight is 336 g/mol. The standard InChI is InChI=1S/C16H19NO5S/c1-8-6-10(11(15(19)20)7-9(8)2)14(18)17-12-4-5-23-13(12)16(21)22-3/h4-5,10-11H,6-7H2,1-3H3,(H,17,18)(H,19,20)/p-1/t10-,11-/m1/s1. The molecule has 1 amide bonds. The minimum absolute atomic E-state index is 0.283. The molecule has 1 aromatic rings. The van der Waals surface area contributed by atoms with E-state index < -0.39 is 29.7 Å². The summed E-state index contributed by atoms with van der Waals surface area (Å²) in [4.78, 5) is 35.8. The summed E-state index contributed by atoms with van der Waals surface area (Å²) in [7, 11) is 1.26. The molecule has 23 heavy (non-hydrogen) atoms. The summed E-state index contributed by atoms with van der Waals surface area (Å²) in [6.07, 6.45) is 0.674. The largest absolute Gasteiger partial charge is 0.550 e. The lowest BCUT2D eigenvalue weighted by molar-refractivity contribution is -0.313. The SMILES string of the molecule is COC(=O)c1sccc1NC(=O)[C@@H]1CC(C)=C(C)C[C@H]1C(=O)[O-]. The van der Waals surface area contributed by atoms with Crippen LogP contribution < -0.4 is 10.4 Å². The van der Waals surface area contributed by atoms with Crippen molar-refractivity contribution in [3.8, 4) is 0 Å². The van der Waals surface area contributed by atoms with Crippen molar-refractivity contribution in [2.24, 2.45) is 11.8 Å². The van der Waals surface area contributed by atoms with Gasteiger partial charge in [-0.1, -0.05) is 11.1 Å². The molecule has 0 aliphatic heterocycles. The molecular weight excluding hydrogens is 318 g/mol. The molecule has 0 unspecified atom stereocenters. The van der Waals surface area contributed by atoms with Crippen molar-refractivity contribution in [3.05, 3.63) is 27.5 Å². The number of carbonyl (C=O) groups excluding carboxylic acids is 3. The maximum absolute atomic E-state index is 12.5. The van der Waals surface area contributed by atoms with Gasteiger partial charge in [-0.25, -0.2) is 4.79 Å². The number of carboxylic acids is 1. The van der Waals surface area contributed by atoms with Gasteiger partial charge in [0.1, 0.15) is 4.88 Å². The number of hydrogen-bond acceptors (Lipinski definition) is 6. The molecule has 0 saturated carbocycles. The van der Waals surface area contributed by atoms with Crippen LogP contribution in [0.2, 0.25) is 0 Å². The summed E-state index contributed by atoms with van der Waals surface area (Å²) >= 11 is 1.15. The minimum Gasteiger partial charge on any atom is -0.550 e. The molecule has 1 heterocycles. The van der Waals surface area contributed by atoms with Gasteiger partial charge >= 0.3 is 5.97 Å². The highest BCUT2D eigenvalue weighted by atomic mass is 32.1. The molecule has 2 rings (SSSR count). The molecule has 1 N–H and O–H groups in total. The molecule has 124 valence electrons. The highest BCUT2D eigenvalue weighted by Gasteiger charge is 2.34. The summed E-state index contributed by atoms with van der Waals surface area (Å²) in [5.74, 6) is -3.76. The summed E-state index contributed by atoms with van der Waals surface area (Å²) in [5.41, 5.74) is 2.34. The van der Waals surface area contributed by atoms with E-state index in [2.05, 4.69) is 10.1 Å². The Balaban J connectivity index is 2.21. The Bertz CT molecular complexity index is 676. The molecule has 7 heteroatoms. The third-order valence-electron chi connectivity index (χ3n) is 4.20. The van der Waals surface area contributed by atoms with E-state index in [0.717, 1.165) is 22.5 Å². The smallest absolute Gasteiger partial charge is 0.350 e. The number of hydrogen-bond donors (Lipinski definition) is 1. The molecule has 0 spiro atoms. The molecular formula is C16H18NO5S-. The van der Waals surface area contributed by atoms with Gasteiger partial charge in [-0.05, 0) is 38.1 Å². The quantitative estimate of drug-likeness (QED) is 0.665. The van der Waals surface area contributed by atoms with Crippen LogP contribution in [-0.2, 0) is 14.3 Å². The first-order valence-electron chi connectivity index (χ1n) is 7.17. The lowest BCUT2D eigenvalue weighted by Gasteiger charge is -2.32. The van der Waals surface area contributed by atoms with E-state index in [9.17, 15) is 19.5 Å². The molecule has 0 aromatic carbocycles. The number of ether oxygens (including phenoxy) is 1. The Morgan fingerprint density at radius 2 is 1.83 bits per heavy atom. The number of amides is 1. The number of carboxylic acid groups (broad SMARTS) is 1. The second kappa shape index (κ2) is 6.95. The third-order valence-corrected chi connectivity index (χ3v) is 5.09. The number of esters is 1. The van der Waals surface area contributed by atoms with Crippen LogP contribution in [0.15, 0.2) is 22.6 Å². The zero-order chi connectivity index (χ0) is 17.1. The van der Waals surface area contributed by atoms with Crippen molar-refractivity contribution in [2.45, 2.75) is 26.7 Å². The van der Waals surface area contributed by atoms with Crippen LogP contribution in [0, 0.1) is 11.8 Å². The molecule has 1 aromatic heterocycles. The number of allylic oxidation sites excluding steroid dienone is 2. The summed E-state index contributed by atoms with van der Waals surface area (Å²) in [6, 6.07) is 1.60. The van der Waals surface area contributed by atoms with Crippen LogP contribution in [0.25, 0.3) is 0 Å². The van der Waals surface area contributed by atoms with Crippen molar-refractivity contribution in [3.63, 3.8) is 0 Å². The number of aliphatic carboxylic acids is 1. The van der Waals surface area contributed by atoms with Crippen molar-refractivity contribution in [2.75, 3.05) is 12.4 Å². The Hall–Kier alpha value is -2.15. The number of rotatable bonds is 4. The zero-order valence-electron chi connectivity index (χ0n) is 13.2. The topological polar surface area (TPSA) is 95.5 Å². The number of nitrogens with one attached hydrogen (secondary N) is 1. The second-order valence-corrected chi connectivity index (χ2v) is 6.56. The Labute approximate surface area is 138 Å². The molecule has 0 bridgehead atoms. The van der Waals surface area contributed by atoms with E-state index in [0.29, 0.717) is 18.5 Å². The summed E-state index contributed by atoms with van der Waals surface area (Å²) in [5, 5.41) is 15.7. The van der Waals surface area contributed by atoms with Crippen molar-refractivity contribution >= 4 is 34.9 Å². The molecule has 1 aliphatic carbocycles. The highest BCUT2D eigenvalue weighted by Crippen LogP contribution is 2.35. The fourth-order valence-corrected chi connectivity index (χ4v) is 3.47. The van der Waals surface area contributed by atoms with Gasteiger partial charge in [-0.2, -0.15) is 0 Å². The number of anilines is 1.